The van der Waals surface area contributed by atoms with Crippen LogP contribution in [0, 0.1) is 29.5 Å². The molecule has 162 valence electrons. The van der Waals surface area contributed by atoms with Gasteiger partial charge in [0.15, 0.2) is 0 Å². The van der Waals surface area contributed by atoms with E-state index in [1.165, 1.54) is 12.1 Å². The van der Waals surface area contributed by atoms with Crippen molar-refractivity contribution in [2.75, 3.05) is 5.32 Å². The van der Waals surface area contributed by atoms with Gasteiger partial charge >= 0.3 is 0 Å². The summed E-state index contributed by atoms with van der Waals surface area (Å²) in [6, 6.07) is 14.1. The third-order valence-corrected chi connectivity index (χ3v) is 7.05. The lowest BCUT2D eigenvalue weighted by atomic mass is 9.97. The molecule has 0 spiro atoms. The largest absolute Gasteiger partial charge is 0.490 e. The maximum atomic E-state index is 13.7. The zero-order valence-electron chi connectivity index (χ0n) is 17.6. The number of aromatic amines is 1. The lowest BCUT2D eigenvalue weighted by molar-refractivity contribution is -0.120. The normalized spacial score (nSPS) is 24.9. The number of imidazole rings is 1. The van der Waals surface area contributed by atoms with Crippen LogP contribution in [0.5, 0.6) is 5.75 Å². The highest BCUT2D eigenvalue weighted by molar-refractivity contribution is 5.93. The molecule has 2 aliphatic carbocycles. The number of para-hydroxylation sites is 2. The summed E-state index contributed by atoms with van der Waals surface area (Å²) < 4.78 is 19.9. The predicted molar refractivity (Wildman–Crippen MR) is 120 cm³/mol. The van der Waals surface area contributed by atoms with Crippen molar-refractivity contribution in [3.63, 3.8) is 0 Å². The lowest BCUT2D eigenvalue weighted by Crippen LogP contribution is -2.26. The summed E-state index contributed by atoms with van der Waals surface area (Å²) in [6.07, 6.45) is 3.60. The molecule has 1 amide bonds. The van der Waals surface area contributed by atoms with Crippen molar-refractivity contribution in [3.8, 4) is 5.75 Å². The van der Waals surface area contributed by atoms with E-state index in [0.717, 1.165) is 29.4 Å². The molecular formula is C25H23FN4O2. The minimum absolute atomic E-state index is 0.00322. The molecule has 2 aromatic carbocycles. The van der Waals surface area contributed by atoms with E-state index in [0.29, 0.717) is 34.8 Å². The van der Waals surface area contributed by atoms with Gasteiger partial charge in [-0.05, 0) is 67.0 Å². The number of nitrogens with one attached hydrogen (secondary N) is 2. The van der Waals surface area contributed by atoms with E-state index < -0.39 is 0 Å². The molecular weight excluding hydrogens is 407 g/mol. The van der Waals surface area contributed by atoms with E-state index >= 15 is 0 Å². The number of fused-ring (bicyclic) bond motifs is 3. The zero-order valence-corrected chi connectivity index (χ0v) is 17.6. The highest BCUT2D eigenvalue weighted by Crippen LogP contribution is 2.61. The minimum atomic E-state index is -0.297. The van der Waals surface area contributed by atoms with Gasteiger partial charge in [-0.3, -0.25) is 15.1 Å². The van der Waals surface area contributed by atoms with E-state index in [-0.39, 0.29) is 23.7 Å². The van der Waals surface area contributed by atoms with Gasteiger partial charge in [0.25, 0.3) is 0 Å². The molecule has 2 aliphatic rings. The molecule has 0 radical (unpaired) electrons. The summed E-state index contributed by atoms with van der Waals surface area (Å²) in [5.74, 6) is 2.12. The molecule has 1 unspecified atom stereocenters. The van der Waals surface area contributed by atoms with Crippen molar-refractivity contribution in [1.29, 1.82) is 0 Å². The Morgan fingerprint density at radius 2 is 1.97 bits per heavy atom. The number of nitrogens with zero attached hydrogens (tertiary/aromatic N) is 2. The molecule has 2 fully saturated rings. The van der Waals surface area contributed by atoms with Crippen molar-refractivity contribution in [1.82, 2.24) is 15.0 Å². The fourth-order valence-corrected chi connectivity index (χ4v) is 5.47. The number of amides is 1. The molecule has 6 rings (SSSR count). The van der Waals surface area contributed by atoms with E-state index in [9.17, 15) is 9.18 Å². The minimum Gasteiger partial charge on any atom is -0.490 e. The topological polar surface area (TPSA) is 79.9 Å². The van der Waals surface area contributed by atoms with Gasteiger partial charge in [-0.25, -0.2) is 9.37 Å². The first-order valence-corrected chi connectivity index (χ1v) is 11.0. The van der Waals surface area contributed by atoms with Crippen LogP contribution in [0.3, 0.4) is 0 Å². The molecule has 2 heterocycles. The van der Waals surface area contributed by atoms with Crippen LogP contribution in [0.4, 0.5) is 10.3 Å². The van der Waals surface area contributed by atoms with Gasteiger partial charge in [-0.2, -0.15) is 0 Å². The number of benzene rings is 2. The number of carbonyl (C=O) groups is 1. The van der Waals surface area contributed by atoms with Crippen molar-refractivity contribution in [2.45, 2.75) is 25.9 Å². The molecule has 2 N–H and O–H groups in total. The summed E-state index contributed by atoms with van der Waals surface area (Å²) in [5.41, 5.74) is 2.46. The second-order valence-corrected chi connectivity index (χ2v) is 8.97. The Balaban J connectivity index is 1.08. The number of carbonyl (C=O) groups excluding carboxylic acids is 1. The van der Waals surface area contributed by atoms with Crippen molar-refractivity contribution >= 4 is 33.8 Å². The Kier molecular flexibility index (Phi) is 4.38. The van der Waals surface area contributed by atoms with Gasteiger partial charge in [-0.15, -0.1) is 0 Å². The molecule has 5 atom stereocenters. The summed E-state index contributed by atoms with van der Waals surface area (Å²) in [7, 11) is 0. The SMILES string of the molecule is CC(C(=O)Nc1nc2ccccc2[nH]1)[C@H]1[C@@H]2C[C@@H](Oc3ccnc4ccc(F)cc34)C[C@@H]21. The third kappa shape index (κ3) is 3.28. The average molecular weight is 430 g/mol. The second kappa shape index (κ2) is 7.29. The van der Waals surface area contributed by atoms with Gasteiger partial charge in [0.2, 0.25) is 11.9 Å². The Hall–Kier alpha value is -3.48. The molecule has 2 aromatic heterocycles. The average Bonchev–Trinajstić information content (AvgIpc) is 3.10. The van der Waals surface area contributed by atoms with Crippen LogP contribution in [0.15, 0.2) is 54.7 Å². The first kappa shape index (κ1) is 19.2. The molecule has 0 aliphatic heterocycles. The monoisotopic (exact) mass is 430 g/mol. The Bertz CT molecular complexity index is 1290. The highest BCUT2D eigenvalue weighted by atomic mass is 19.1. The number of anilines is 1. The number of hydrogen-bond donors (Lipinski definition) is 2. The van der Waals surface area contributed by atoms with E-state index in [1.807, 2.05) is 31.2 Å². The smallest absolute Gasteiger partial charge is 0.229 e. The predicted octanol–water partition coefficient (Wildman–Crippen LogP) is 4.93. The molecule has 4 aromatic rings. The van der Waals surface area contributed by atoms with E-state index in [4.69, 9.17) is 4.74 Å². The van der Waals surface area contributed by atoms with Gasteiger partial charge < -0.3 is 9.72 Å². The maximum Gasteiger partial charge on any atom is 0.229 e. The molecule has 6 nitrogen and oxygen atoms in total. The summed E-state index contributed by atoms with van der Waals surface area (Å²) in [6.45, 7) is 2.00. The second-order valence-electron chi connectivity index (χ2n) is 8.97. The summed E-state index contributed by atoms with van der Waals surface area (Å²) in [4.78, 5) is 24.7. The Morgan fingerprint density at radius 1 is 1.16 bits per heavy atom. The molecule has 7 heteroatoms. The number of halogens is 1. The third-order valence-electron chi connectivity index (χ3n) is 7.05. The van der Waals surface area contributed by atoms with Crippen LogP contribution >= 0.6 is 0 Å². The summed E-state index contributed by atoms with van der Waals surface area (Å²) >= 11 is 0. The standard InChI is InChI=1S/C25H23FN4O2/c1-13(24(31)30-25-28-20-4-2-3-5-21(20)29-25)23-16-11-15(12-17(16)23)32-22-8-9-27-19-7-6-14(26)10-18(19)22/h2-10,13,15-17,23H,11-12H2,1H3,(H2,28,29,30,31)/t13?,15-,16-,17+,23+. The first-order valence-electron chi connectivity index (χ1n) is 11.0. The zero-order chi connectivity index (χ0) is 21.8. The van der Waals surface area contributed by atoms with Crippen molar-refractivity contribution < 1.29 is 13.9 Å². The van der Waals surface area contributed by atoms with Crippen LogP contribution < -0.4 is 10.1 Å². The van der Waals surface area contributed by atoms with Crippen LogP contribution in [0.1, 0.15) is 19.8 Å². The number of hydrogen-bond acceptors (Lipinski definition) is 4. The maximum absolute atomic E-state index is 13.7. The van der Waals surface area contributed by atoms with Crippen LogP contribution in [0.25, 0.3) is 21.9 Å². The van der Waals surface area contributed by atoms with Gasteiger partial charge in [0.1, 0.15) is 11.6 Å². The molecule has 0 saturated heterocycles. The van der Waals surface area contributed by atoms with Gasteiger partial charge in [0, 0.05) is 17.5 Å². The molecule has 32 heavy (non-hydrogen) atoms. The van der Waals surface area contributed by atoms with Crippen molar-refractivity contribution in [3.05, 3.63) is 60.5 Å². The van der Waals surface area contributed by atoms with Gasteiger partial charge in [0.05, 0.1) is 22.7 Å². The first-order chi connectivity index (χ1) is 15.6. The molecule has 0 bridgehead atoms. The molecule has 2 saturated carbocycles. The Morgan fingerprint density at radius 3 is 2.78 bits per heavy atom. The number of ether oxygens (including phenoxy) is 1. The van der Waals surface area contributed by atoms with Crippen molar-refractivity contribution in [2.24, 2.45) is 23.7 Å². The van der Waals surface area contributed by atoms with Gasteiger partial charge in [-0.1, -0.05) is 19.1 Å². The lowest BCUT2D eigenvalue weighted by Gasteiger charge is -2.20. The van der Waals surface area contributed by atoms with E-state index in [1.54, 1.807) is 18.3 Å². The number of rotatable bonds is 5. The van der Waals surface area contributed by atoms with Crippen LogP contribution in [-0.4, -0.2) is 27.0 Å². The highest BCUT2D eigenvalue weighted by Gasteiger charge is 2.59. The fraction of sp³-hybridized carbons (Fsp3) is 0.320. The number of aromatic nitrogens is 3. The van der Waals surface area contributed by atoms with Crippen LogP contribution in [-0.2, 0) is 4.79 Å². The fourth-order valence-electron chi connectivity index (χ4n) is 5.47. The quantitative estimate of drug-likeness (QED) is 0.471. The van der Waals surface area contributed by atoms with E-state index in [2.05, 4.69) is 20.3 Å². The number of pyridine rings is 1. The van der Waals surface area contributed by atoms with Crippen LogP contribution in [0.2, 0.25) is 0 Å². The number of H-pyrrole nitrogens is 1. The Labute approximate surface area is 184 Å². The summed E-state index contributed by atoms with van der Waals surface area (Å²) in [5, 5.41) is 3.64.